The van der Waals surface area contributed by atoms with Gasteiger partial charge in [0, 0.05) is 25.6 Å². The Bertz CT molecular complexity index is 606. The number of ether oxygens (including phenoxy) is 2. The molecule has 1 heterocycles. The smallest absolute Gasteiger partial charge is 0.161 e. The number of likely N-dealkylation sites (tertiary alicyclic amines) is 1. The SMILES string of the molecule is [2H][C@]12CC(=O)CC[C@@]1(c1ccc(OC)c(OC)c1)CCN2C. The lowest BCUT2D eigenvalue weighted by molar-refractivity contribution is -0.122. The molecule has 0 spiro atoms. The number of Topliss-reactive ketones (excluding diaryl/α,β-unsaturated/α-hetero) is 1. The molecule has 2 atom stereocenters. The van der Waals surface area contributed by atoms with Crippen molar-refractivity contribution in [3.05, 3.63) is 23.8 Å². The van der Waals surface area contributed by atoms with Crippen LogP contribution in [0.4, 0.5) is 0 Å². The number of hydrogen-bond acceptors (Lipinski definition) is 4. The van der Waals surface area contributed by atoms with Crippen molar-refractivity contribution in [3.63, 3.8) is 0 Å². The summed E-state index contributed by atoms with van der Waals surface area (Å²) in [6, 6.07) is 5.05. The van der Waals surface area contributed by atoms with Crippen LogP contribution in [0.5, 0.6) is 11.5 Å². The van der Waals surface area contributed by atoms with Gasteiger partial charge in [-0.15, -0.1) is 0 Å². The second-order valence-electron chi connectivity index (χ2n) is 5.99. The first kappa shape index (κ1) is 13.1. The average Bonchev–Trinajstić information content (AvgIpc) is 2.79. The fourth-order valence-electron chi connectivity index (χ4n) is 3.79. The third kappa shape index (κ3) is 2.22. The lowest BCUT2D eigenvalue weighted by Crippen LogP contribution is -2.46. The molecule has 1 aromatic carbocycles. The van der Waals surface area contributed by atoms with Crippen molar-refractivity contribution in [2.45, 2.75) is 37.1 Å². The number of carbonyl (C=O) groups is 1. The van der Waals surface area contributed by atoms with Crippen molar-refractivity contribution in [2.75, 3.05) is 27.8 Å². The summed E-state index contributed by atoms with van der Waals surface area (Å²) in [4.78, 5) is 14.0. The number of benzene rings is 1. The van der Waals surface area contributed by atoms with E-state index in [0.717, 1.165) is 24.9 Å². The van der Waals surface area contributed by atoms with E-state index in [9.17, 15) is 4.79 Å². The molecule has 0 N–H and O–H groups in total. The third-order valence-corrected chi connectivity index (χ3v) is 5.02. The van der Waals surface area contributed by atoms with Gasteiger partial charge in [0.1, 0.15) is 5.78 Å². The van der Waals surface area contributed by atoms with Crippen LogP contribution in [-0.2, 0) is 10.2 Å². The van der Waals surface area contributed by atoms with Crippen molar-refractivity contribution < 1.29 is 15.6 Å². The highest BCUT2D eigenvalue weighted by Crippen LogP contribution is 2.48. The minimum atomic E-state index is -0.859. The quantitative estimate of drug-likeness (QED) is 0.857. The van der Waals surface area contributed by atoms with Gasteiger partial charge in [-0.1, -0.05) is 6.07 Å². The predicted octanol–water partition coefficient (Wildman–Crippen LogP) is 2.40. The number of rotatable bonds is 3. The Balaban J connectivity index is 2.10. The fraction of sp³-hybridized carbons (Fsp3) is 0.588. The Labute approximate surface area is 127 Å². The summed E-state index contributed by atoms with van der Waals surface area (Å²) < 4.78 is 19.8. The molecule has 2 fully saturated rings. The van der Waals surface area contributed by atoms with Crippen molar-refractivity contribution in [1.29, 1.82) is 0 Å². The monoisotopic (exact) mass is 290 g/mol. The molecule has 3 rings (SSSR count). The molecule has 1 saturated heterocycles. The van der Waals surface area contributed by atoms with Crippen LogP contribution >= 0.6 is 0 Å². The summed E-state index contributed by atoms with van der Waals surface area (Å²) in [6.07, 6.45) is 2.49. The highest BCUT2D eigenvalue weighted by atomic mass is 16.5. The number of nitrogens with zero attached hydrogens (tertiary/aromatic N) is 1. The van der Waals surface area contributed by atoms with E-state index < -0.39 is 6.02 Å². The van der Waals surface area contributed by atoms with Crippen molar-refractivity contribution in [1.82, 2.24) is 4.90 Å². The zero-order valence-electron chi connectivity index (χ0n) is 13.9. The fourth-order valence-corrected chi connectivity index (χ4v) is 3.79. The second kappa shape index (κ2) is 5.34. The molecule has 1 aliphatic carbocycles. The molecule has 0 radical (unpaired) electrons. The highest BCUT2D eigenvalue weighted by Gasteiger charge is 2.50. The van der Waals surface area contributed by atoms with Crippen molar-refractivity contribution in [2.24, 2.45) is 0 Å². The van der Waals surface area contributed by atoms with E-state index in [1.54, 1.807) is 14.2 Å². The lowest BCUT2D eigenvalue weighted by atomic mass is 9.66. The van der Waals surface area contributed by atoms with Gasteiger partial charge in [-0.05, 0) is 44.1 Å². The number of carbonyl (C=O) groups excluding carboxylic acids is 1. The maximum absolute atomic E-state index is 12.0. The van der Waals surface area contributed by atoms with E-state index >= 15 is 0 Å². The first-order valence-corrected chi connectivity index (χ1v) is 7.42. The van der Waals surface area contributed by atoms with Crippen LogP contribution in [0.3, 0.4) is 0 Å². The van der Waals surface area contributed by atoms with Crippen LogP contribution in [0.15, 0.2) is 18.2 Å². The zero-order valence-corrected chi connectivity index (χ0v) is 12.9. The minimum absolute atomic E-state index is 0.194. The zero-order chi connectivity index (χ0) is 16.0. The number of hydrogen-bond donors (Lipinski definition) is 0. The van der Waals surface area contributed by atoms with E-state index in [4.69, 9.17) is 10.8 Å². The third-order valence-electron chi connectivity index (χ3n) is 5.02. The van der Waals surface area contributed by atoms with E-state index in [0.29, 0.717) is 24.3 Å². The minimum Gasteiger partial charge on any atom is -0.493 e. The molecular formula is C17H23NO3. The molecule has 21 heavy (non-hydrogen) atoms. The van der Waals surface area contributed by atoms with Gasteiger partial charge in [-0.3, -0.25) is 4.79 Å². The van der Waals surface area contributed by atoms with E-state index in [2.05, 4.69) is 0 Å². The van der Waals surface area contributed by atoms with Crippen LogP contribution < -0.4 is 9.47 Å². The molecule has 0 unspecified atom stereocenters. The van der Waals surface area contributed by atoms with Crippen LogP contribution in [-0.4, -0.2) is 44.5 Å². The van der Waals surface area contributed by atoms with Gasteiger partial charge in [-0.25, -0.2) is 0 Å². The number of methoxy groups -OCH3 is 2. The Kier molecular flexibility index (Phi) is 3.34. The maximum Gasteiger partial charge on any atom is 0.161 e. The van der Waals surface area contributed by atoms with E-state index in [1.807, 2.05) is 30.1 Å². The normalized spacial score (nSPS) is 33.5. The summed E-state index contributed by atoms with van der Waals surface area (Å²) in [5.74, 6) is 1.57. The molecule has 0 amide bonds. The number of fused-ring (bicyclic) bond motifs is 1. The van der Waals surface area contributed by atoms with Crippen LogP contribution in [0.25, 0.3) is 0 Å². The molecule has 1 saturated carbocycles. The summed E-state index contributed by atoms with van der Waals surface area (Å²) in [7, 11) is 5.19. The van der Waals surface area contributed by atoms with E-state index in [-0.39, 0.29) is 11.2 Å². The topological polar surface area (TPSA) is 38.8 Å². The Morgan fingerprint density at radius 1 is 1.29 bits per heavy atom. The molecule has 2 aliphatic rings. The maximum atomic E-state index is 12.0. The van der Waals surface area contributed by atoms with Gasteiger partial charge in [-0.2, -0.15) is 0 Å². The molecular weight excluding hydrogens is 266 g/mol. The van der Waals surface area contributed by atoms with E-state index in [1.165, 1.54) is 0 Å². The molecule has 1 aromatic rings. The average molecular weight is 290 g/mol. The second-order valence-corrected chi connectivity index (χ2v) is 5.99. The molecule has 0 aromatic heterocycles. The standard InChI is InChI=1S/C17H23NO3/c1-18-9-8-17(7-6-13(19)11-16(17)18)12-4-5-14(20-2)15(10-12)21-3/h4-5,10,16H,6-9,11H2,1-3H3/t16-,17-/m0/s1/i16D. The van der Waals surface area contributed by atoms with Crippen molar-refractivity contribution in [3.8, 4) is 11.5 Å². The Hall–Kier alpha value is -1.55. The van der Waals surface area contributed by atoms with Crippen LogP contribution in [0.2, 0.25) is 0 Å². The van der Waals surface area contributed by atoms with Gasteiger partial charge >= 0.3 is 0 Å². The Morgan fingerprint density at radius 2 is 2.05 bits per heavy atom. The molecule has 114 valence electrons. The highest BCUT2D eigenvalue weighted by molar-refractivity contribution is 5.81. The van der Waals surface area contributed by atoms with Gasteiger partial charge < -0.3 is 14.4 Å². The summed E-state index contributed by atoms with van der Waals surface area (Å²) >= 11 is 0. The molecule has 4 nitrogen and oxygen atoms in total. The summed E-state index contributed by atoms with van der Waals surface area (Å²) in [5.41, 5.74) is 0.770. The lowest BCUT2D eigenvalue weighted by Gasteiger charge is -2.41. The van der Waals surface area contributed by atoms with Gasteiger partial charge in [0.2, 0.25) is 0 Å². The largest absolute Gasteiger partial charge is 0.493 e. The molecule has 1 aliphatic heterocycles. The predicted molar refractivity (Wildman–Crippen MR) is 81.1 cm³/mol. The molecule has 0 bridgehead atoms. The number of likely N-dealkylation sites (N-methyl/N-ethyl adjacent to an activating group) is 1. The van der Waals surface area contributed by atoms with Gasteiger partial charge in [0.25, 0.3) is 0 Å². The molecule has 4 heteroatoms. The first-order chi connectivity index (χ1) is 10.5. The van der Waals surface area contributed by atoms with Gasteiger partial charge in [0.15, 0.2) is 11.5 Å². The first-order valence-electron chi connectivity index (χ1n) is 7.92. The van der Waals surface area contributed by atoms with Crippen molar-refractivity contribution >= 4 is 5.78 Å². The van der Waals surface area contributed by atoms with Crippen LogP contribution in [0.1, 0.15) is 32.6 Å². The number of ketones is 1. The summed E-state index contributed by atoms with van der Waals surface area (Å²) in [5, 5.41) is 0. The van der Waals surface area contributed by atoms with Crippen LogP contribution in [0, 0.1) is 0 Å². The Morgan fingerprint density at radius 3 is 2.76 bits per heavy atom. The summed E-state index contributed by atoms with van der Waals surface area (Å²) in [6.45, 7) is 0.838. The van der Waals surface area contributed by atoms with Gasteiger partial charge in [0.05, 0.1) is 14.2 Å².